The second-order valence-electron chi connectivity index (χ2n) is 5.82. The maximum Gasteiger partial charge on any atom is 0.449 e. The molecule has 0 spiro atoms. The van der Waals surface area contributed by atoms with Gasteiger partial charge in [-0.3, -0.25) is 0 Å². The normalized spacial score (nSPS) is 11.6. The summed E-state index contributed by atoms with van der Waals surface area (Å²) in [5.74, 6) is -1.03. The van der Waals surface area contributed by atoms with E-state index in [-0.39, 0.29) is 24.3 Å². The summed E-state index contributed by atoms with van der Waals surface area (Å²) in [4.78, 5) is 19.7. The number of rotatable bonds is 5. The van der Waals surface area contributed by atoms with E-state index in [0.717, 1.165) is 16.6 Å². The fourth-order valence-electron chi connectivity index (χ4n) is 2.78. The molecule has 1 aromatic carbocycles. The average Bonchev–Trinajstić information content (AvgIpc) is 3.01. The second kappa shape index (κ2) is 7.65. The first kappa shape index (κ1) is 18.7. The van der Waals surface area contributed by atoms with Crippen LogP contribution in [0.4, 0.5) is 23.7 Å². The van der Waals surface area contributed by atoms with Crippen LogP contribution in [-0.4, -0.2) is 27.1 Å². The second-order valence-corrected chi connectivity index (χ2v) is 5.82. The Morgan fingerprint density at radius 3 is 2.70 bits per heavy atom. The van der Waals surface area contributed by atoms with Gasteiger partial charge in [0.05, 0.1) is 0 Å². The van der Waals surface area contributed by atoms with Gasteiger partial charge in [-0.15, -0.1) is 0 Å². The Kier molecular flexibility index (Phi) is 5.29. The molecule has 0 fully saturated rings. The molecule has 0 saturated heterocycles. The van der Waals surface area contributed by atoms with Gasteiger partial charge in [-0.25, -0.2) is 14.8 Å². The summed E-state index contributed by atoms with van der Waals surface area (Å²) in [7, 11) is 0. The minimum absolute atomic E-state index is 0.00869. The number of aryl methyl sites for hydroxylation is 1. The number of imidazole rings is 1. The lowest BCUT2D eigenvalue weighted by Gasteiger charge is -2.13. The fourth-order valence-corrected chi connectivity index (χ4v) is 2.78. The van der Waals surface area contributed by atoms with E-state index in [9.17, 15) is 18.0 Å². The van der Waals surface area contributed by atoms with Crippen LogP contribution in [0.25, 0.3) is 11.2 Å². The van der Waals surface area contributed by atoms with Gasteiger partial charge in [-0.1, -0.05) is 25.1 Å². The highest BCUT2D eigenvalue weighted by Gasteiger charge is 2.37. The number of halogens is 3. The number of hydrogen-bond acceptors (Lipinski definition) is 3. The Labute approximate surface area is 153 Å². The van der Waals surface area contributed by atoms with E-state index in [2.05, 4.69) is 20.6 Å². The van der Waals surface area contributed by atoms with E-state index in [1.807, 2.05) is 19.1 Å². The lowest BCUT2D eigenvalue weighted by atomic mass is 10.1. The minimum atomic E-state index is -4.61. The van der Waals surface area contributed by atoms with Gasteiger partial charge >= 0.3 is 12.2 Å². The topological polar surface area (TPSA) is 71.8 Å². The van der Waals surface area contributed by atoms with Crippen molar-refractivity contribution in [3.05, 3.63) is 54.0 Å². The van der Waals surface area contributed by atoms with Crippen LogP contribution in [0.5, 0.6) is 0 Å². The van der Waals surface area contributed by atoms with Crippen LogP contribution >= 0.6 is 0 Å². The van der Waals surface area contributed by atoms with Crippen molar-refractivity contribution in [3.8, 4) is 0 Å². The smallest absolute Gasteiger partial charge is 0.336 e. The zero-order valence-corrected chi connectivity index (χ0v) is 14.5. The molecule has 2 amide bonds. The fraction of sp³-hybridized carbons (Fsp3) is 0.278. The molecule has 0 bridgehead atoms. The molecule has 0 radical (unpaired) electrons. The van der Waals surface area contributed by atoms with Gasteiger partial charge in [-0.2, -0.15) is 13.2 Å². The number of aromatic nitrogens is 3. The Balaban J connectivity index is 1.69. The number of carbonyl (C=O) groups excluding carboxylic acids is 1. The minimum Gasteiger partial charge on any atom is -0.336 e. The summed E-state index contributed by atoms with van der Waals surface area (Å²) in [6, 6.07) is 9.85. The van der Waals surface area contributed by atoms with Crippen LogP contribution in [0.15, 0.2) is 42.6 Å². The third-order valence-electron chi connectivity index (χ3n) is 4.02. The molecule has 3 aromatic rings. The van der Waals surface area contributed by atoms with Crippen molar-refractivity contribution in [2.75, 3.05) is 11.9 Å². The van der Waals surface area contributed by atoms with E-state index in [4.69, 9.17) is 0 Å². The van der Waals surface area contributed by atoms with Crippen LogP contribution in [0, 0.1) is 0 Å². The zero-order valence-electron chi connectivity index (χ0n) is 14.5. The van der Waals surface area contributed by atoms with Gasteiger partial charge in [-0.05, 0) is 30.2 Å². The van der Waals surface area contributed by atoms with Crippen molar-refractivity contribution in [2.24, 2.45) is 0 Å². The highest BCUT2D eigenvalue weighted by molar-refractivity contribution is 5.90. The summed E-state index contributed by atoms with van der Waals surface area (Å²) >= 11 is 0. The van der Waals surface area contributed by atoms with Crippen LogP contribution < -0.4 is 10.6 Å². The largest absolute Gasteiger partial charge is 0.449 e. The number of fused-ring (bicyclic) bond motifs is 1. The lowest BCUT2D eigenvalue weighted by molar-refractivity contribution is -0.146. The van der Waals surface area contributed by atoms with Gasteiger partial charge < -0.3 is 15.2 Å². The molecule has 27 heavy (non-hydrogen) atoms. The van der Waals surface area contributed by atoms with E-state index in [1.54, 1.807) is 12.1 Å². The number of urea groups is 1. The summed E-state index contributed by atoms with van der Waals surface area (Å²) in [6.07, 6.45) is -2.45. The number of para-hydroxylation sites is 1. The van der Waals surface area contributed by atoms with Crippen LogP contribution in [-0.2, 0) is 19.1 Å². The Bertz CT molecular complexity index is 952. The van der Waals surface area contributed by atoms with Gasteiger partial charge in [0.25, 0.3) is 0 Å². The van der Waals surface area contributed by atoms with Crippen molar-refractivity contribution < 1.29 is 18.0 Å². The van der Waals surface area contributed by atoms with Crippen molar-refractivity contribution in [1.29, 1.82) is 0 Å². The number of benzene rings is 1. The molecule has 9 heteroatoms. The predicted octanol–water partition coefficient (Wildman–Crippen LogP) is 3.83. The summed E-state index contributed by atoms with van der Waals surface area (Å²) in [6.45, 7) is 1.85. The van der Waals surface area contributed by atoms with Gasteiger partial charge in [0, 0.05) is 25.0 Å². The first-order valence-electron chi connectivity index (χ1n) is 8.41. The number of amides is 2. The highest BCUT2D eigenvalue weighted by Crippen LogP contribution is 2.30. The standard InChI is InChI=1S/C18H18F3N5O/c1-2-12-6-3-4-7-13(12)25-17(27)23-10-11-26-15-14(8-5-9-22-15)24-16(26)18(19,20)21/h3-9H,2,10-11H2,1H3,(H2,23,25,27). The average molecular weight is 377 g/mol. The van der Waals surface area contributed by atoms with E-state index < -0.39 is 18.0 Å². The van der Waals surface area contributed by atoms with E-state index in [0.29, 0.717) is 5.69 Å². The molecule has 0 aliphatic carbocycles. The first-order chi connectivity index (χ1) is 12.9. The molecule has 0 unspecified atom stereocenters. The summed E-state index contributed by atoms with van der Waals surface area (Å²) in [5, 5.41) is 5.28. The van der Waals surface area contributed by atoms with Crippen molar-refractivity contribution in [2.45, 2.75) is 26.1 Å². The molecular formula is C18H18F3N5O. The summed E-state index contributed by atoms with van der Waals surface area (Å²) in [5.41, 5.74) is 1.93. The molecule has 2 aromatic heterocycles. The number of alkyl halides is 3. The van der Waals surface area contributed by atoms with Crippen LogP contribution in [0.1, 0.15) is 18.3 Å². The molecule has 2 N–H and O–H groups in total. The van der Waals surface area contributed by atoms with Crippen LogP contribution in [0.2, 0.25) is 0 Å². The maximum atomic E-state index is 13.2. The number of hydrogen-bond donors (Lipinski definition) is 2. The molecule has 142 valence electrons. The Morgan fingerprint density at radius 2 is 1.96 bits per heavy atom. The van der Waals surface area contributed by atoms with Crippen molar-refractivity contribution in [1.82, 2.24) is 19.9 Å². The number of pyridine rings is 1. The van der Waals surface area contributed by atoms with Crippen molar-refractivity contribution in [3.63, 3.8) is 0 Å². The summed E-state index contributed by atoms with van der Waals surface area (Å²) < 4.78 is 40.7. The molecule has 0 saturated carbocycles. The lowest BCUT2D eigenvalue weighted by Crippen LogP contribution is -2.32. The molecular weight excluding hydrogens is 359 g/mol. The van der Waals surface area contributed by atoms with Gasteiger partial charge in [0.15, 0.2) is 5.65 Å². The number of nitrogens with zero attached hydrogens (tertiary/aromatic N) is 3. The maximum absolute atomic E-state index is 13.2. The van der Waals surface area contributed by atoms with Gasteiger partial charge in [0.2, 0.25) is 5.82 Å². The van der Waals surface area contributed by atoms with Crippen molar-refractivity contribution >= 4 is 22.9 Å². The SMILES string of the molecule is CCc1ccccc1NC(=O)NCCn1c(C(F)(F)F)nc2cccnc21. The van der Waals surface area contributed by atoms with E-state index >= 15 is 0 Å². The Morgan fingerprint density at radius 1 is 1.19 bits per heavy atom. The monoisotopic (exact) mass is 377 g/mol. The third kappa shape index (κ3) is 4.18. The molecule has 2 heterocycles. The number of nitrogens with one attached hydrogen (secondary N) is 2. The zero-order chi connectivity index (χ0) is 19.4. The van der Waals surface area contributed by atoms with E-state index in [1.165, 1.54) is 18.3 Å². The molecule has 6 nitrogen and oxygen atoms in total. The molecule has 0 aliphatic rings. The molecule has 0 aliphatic heterocycles. The third-order valence-corrected chi connectivity index (χ3v) is 4.02. The molecule has 3 rings (SSSR count). The van der Waals surface area contributed by atoms with Gasteiger partial charge in [0.1, 0.15) is 5.52 Å². The highest BCUT2D eigenvalue weighted by atomic mass is 19.4. The Hall–Kier alpha value is -3.10. The predicted molar refractivity (Wildman–Crippen MR) is 95.4 cm³/mol. The van der Waals surface area contributed by atoms with Crippen LogP contribution in [0.3, 0.4) is 0 Å². The first-order valence-corrected chi connectivity index (χ1v) is 8.41. The quantitative estimate of drug-likeness (QED) is 0.710. The molecule has 0 atom stereocenters. The number of anilines is 1. The number of carbonyl (C=O) groups is 1.